The molecular weight excluding hydrogens is 258 g/mol. The van der Waals surface area contributed by atoms with Crippen molar-refractivity contribution in [2.24, 2.45) is 0 Å². The summed E-state index contributed by atoms with van der Waals surface area (Å²) < 4.78 is 2.35. The Morgan fingerprint density at radius 1 is 1.14 bits per heavy atom. The minimum absolute atomic E-state index is 0.603. The molecule has 3 heteroatoms. The van der Waals surface area contributed by atoms with Gasteiger partial charge in [-0.3, -0.25) is 0 Å². The number of imidazole rings is 1. The molecule has 21 heavy (non-hydrogen) atoms. The Labute approximate surface area is 126 Å². The van der Waals surface area contributed by atoms with Crippen LogP contribution in [-0.4, -0.2) is 9.55 Å². The summed E-state index contributed by atoms with van der Waals surface area (Å²) in [7, 11) is 0. The lowest BCUT2D eigenvalue weighted by Gasteiger charge is -2.12. The zero-order valence-corrected chi connectivity index (χ0v) is 12.7. The molecule has 0 saturated heterocycles. The van der Waals surface area contributed by atoms with Gasteiger partial charge in [-0.2, -0.15) is 0 Å². The van der Waals surface area contributed by atoms with Gasteiger partial charge in [0.1, 0.15) is 17.3 Å². The first kappa shape index (κ1) is 12.9. The zero-order chi connectivity index (χ0) is 14.4. The molecule has 0 unspecified atom stereocenters. The second-order valence-electron chi connectivity index (χ2n) is 6.66. The van der Waals surface area contributed by atoms with Crippen molar-refractivity contribution in [3.63, 3.8) is 0 Å². The molecule has 0 aliphatic heterocycles. The van der Waals surface area contributed by atoms with Crippen LogP contribution in [0.2, 0.25) is 0 Å². The Balaban J connectivity index is 1.82. The van der Waals surface area contributed by atoms with Crippen LogP contribution in [0.5, 0.6) is 0 Å². The topological polar surface area (TPSA) is 43.8 Å². The van der Waals surface area contributed by atoms with Crippen LogP contribution in [0.25, 0.3) is 11.3 Å². The SMILES string of the molecule is Cc1cccc(-c2nc(C3CCCC3)n(C3CC3)c2N)c1. The summed E-state index contributed by atoms with van der Waals surface area (Å²) in [4.78, 5) is 5.00. The minimum atomic E-state index is 0.603. The Morgan fingerprint density at radius 3 is 2.57 bits per heavy atom. The lowest BCUT2D eigenvalue weighted by molar-refractivity contribution is 0.596. The second-order valence-corrected chi connectivity index (χ2v) is 6.66. The van der Waals surface area contributed by atoms with E-state index in [9.17, 15) is 0 Å². The molecule has 1 heterocycles. The van der Waals surface area contributed by atoms with E-state index < -0.39 is 0 Å². The molecular formula is C18H23N3. The van der Waals surface area contributed by atoms with Gasteiger partial charge in [-0.25, -0.2) is 4.98 Å². The number of benzene rings is 1. The van der Waals surface area contributed by atoms with Crippen molar-refractivity contribution in [3.8, 4) is 11.3 Å². The van der Waals surface area contributed by atoms with Crippen LogP contribution in [0.3, 0.4) is 0 Å². The molecule has 2 aliphatic carbocycles. The van der Waals surface area contributed by atoms with E-state index in [-0.39, 0.29) is 0 Å². The van der Waals surface area contributed by atoms with Crippen LogP contribution < -0.4 is 5.73 Å². The molecule has 2 aliphatic rings. The Bertz CT molecular complexity index is 661. The summed E-state index contributed by atoms with van der Waals surface area (Å²) in [5.41, 5.74) is 9.91. The average molecular weight is 281 g/mol. The fourth-order valence-corrected chi connectivity index (χ4v) is 3.66. The van der Waals surface area contributed by atoms with Gasteiger partial charge in [0.05, 0.1) is 0 Å². The first-order chi connectivity index (χ1) is 10.2. The van der Waals surface area contributed by atoms with Crippen molar-refractivity contribution in [2.45, 2.75) is 57.4 Å². The largest absolute Gasteiger partial charge is 0.383 e. The molecule has 2 N–H and O–H groups in total. The summed E-state index contributed by atoms with van der Waals surface area (Å²) >= 11 is 0. The third-order valence-corrected chi connectivity index (χ3v) is 4.90. The highest BCUT2D eigenvalue weighted by atomic mass is 15.2. The first-order valence-electron chi connectivity index (χ1n) is 8.18. The van der Waals surface area contributed by atoms with Crippen LogP contribution >= 0.6 is 0 Å². The second kappa shape index (κ2) is 4.90. The van der Waals surface area contributed by atoms with E-state index in [4.69, 9.17) is 10.7 Å². The number of anilines is 1. The molecule has 4 rings (SSSR count). The smallest absolute Gasteiger partial charge is 0.132 e. The number of aromatic nitrogens is 2. The number of nitrogen functional groups attached to an aromatic ring is 1. The lowest BCUT2D eigenvalue weighted by atomic mass is 10.1. The van der Waals surface area contributed by atoms with Crippen LogP contribution in [0.1, 0.15) is 61.9 Å². The number of hydrogen-bond donors (Lipinski definition) is 1. The van der Waals surface area contributed by atoms with Gasteiger partial charge in [-0.05, 0) is 38.7 Å². The molecule has 2 saturated carbocycles. The number of hydrogen-bond acceptors (Lipinski definition) is 2. The highest BCUT2D eigenvalue weighted by Crippen LogP contribution is 2.45. The molecule has 3 nitrogen and oxygen atoms in total. The van der Waals surface area contributed by atoms with E-state index in [1.807, 2.05) is 0 Å². The van der Waals surface area contributed by atoms with Crippen molar-refractivity contribution < 1.29 is 0 Å². The minimum Gasteiger partial charge on any atom is -0.383 e. The lowest BCUT2D eigenvalue weighted by Crippen LogP contribution is -2.08. The summed E-state index contributed by atoms with van der Waals surface area (Å²) in [5, 5.41) is 0. The fraction of sp³-hybridized carbons (Fsp3) is 0.500. The number of aryl methyl sites for hydroxylation is 1. The van der Waals surface area contributed by atoms with Gasteiger partial charge in [-0.1, -0.05) is 36.6 Å². The van der Waals surface area contributed by atoms with Gasteiger partial charge in [0.2, 0.25) is 0 Å². The van der Waals surface area contributed by atoms with Gasteiger partial charge in [0, 0.05) is 17.5 Å². The number of rotatable bonds is 3. The molecule has 2 fully saturated rings. The molecule has 0 radical (unpaired) electrons. The predicted octanol–water partition coefficient (Wildman–Crippen LogP) is 4.43. The molecule has 1 aromatic heterocycles. The maximum Gasteiger partial charge on any atom is 0.132 e. The maximum absolute atomic E-state index is 6.50. The highest BCUT2D eigenvalue weighted by molar-refractivity contribution is 5.72. The van der Waals surface area contributed by atoms with Crippen LogP contribution in [-0.2, 0) is 0 Å². The summed E-state index contributed by atoms with van der Waals surface area (Å²) in [6.07, 6.45) is 7.73. The normalized spacial score (nSPS) is 19.3. The third-order valence-electron chi connectivity index (χ3n) is 4.90. The van der Waals surface area contributed by atoms with E-state index in [0.29, 0.717) is 12.0 Å². The molecule has 0 atom stereocenters. The Morgan fingerprint density at radius 2 is 1.90 bits per heavy atom. The van der Waals surface area contributed by atoms with Crippen molar-refractivity contribution in [3.05, 3.63) is 35.7 Å². The summed E-state index contributed by atoms with van der Waals surface area (Å²) in [6, 6.07) is 9.13. The van der Waals surface area contributed by atoms with Crippen molar-refractivity contribution >= 4 is 5.82 Å². The van der Waals surface area contributed by atoms with E-state index >= 15 is 0 Å². The van der Waals surface area contributed by atoms with E-state index in [0.717, 1.165) is 17.1 Å². The van der Waals surface area contributed by atoms with E-state index in [1.165, 1.54) is 49.9 Å². The van der Waals surface area contributed by atoms with Crippen molar-refractivity contribution in [1.82, 2.24) is 9.55 Å². The molecule has 110 valence electrons. The monoisotopic (exact) mass is 281 g/mol. The number of nitrogens with two attached hydrogens (primary N) is 1. The highest BCUT2D eigenvalue weighted by Gasteiger charge is 2.33. The first-order valence-corrected chi connectivity index (χ1v) is 8.18. The quantitative estimate of drug-likeness (QED) is 0.904. The van der Waals surface area contributed by atoms with Gasteiger partial charge < -0.3 is 10.3 Å². The van der Waals surface area contributed by atoms with Gasteiger partial charge in [0.25, 0.3) is 0 Å². The Kier molecular flexibility index (Phi) is 3.02. The molecule has 0 amide bonds. The zero-order valence-electron chi connectivity index (χ0n) is 12.7. The Hall–Kier alpha value is -1.77. The summed E-state index contributed by atoms with van der Waals surface area (Å²) in [5.74, 6) is 2.75. The standard InChI is InChI=1S/C18H23N3/c1-12-5-4-8-14(11-12)16-17(19)21(15-9-10-15)18(20-16)13-6-2-3-7-13/h4-5,8,11,13,15H,2-3,6-7,9-10,19H2,1H3. The van der Waals surface area contributed by atoms with Crippen molar-refractivity contribution in [2.75, 3.05) is 5.73 Å². The maximum atomic E-state index is 6.50. The number of nitrogens with zero attached hydrogens (tertiary/aromatic N) is 2. The fourth-order valence-electron chi connectivity index (χ4n) is 3.66. The average Bonchev–Trinajstić information content (AvgIpc) is 3.04. The van der Waals surface area contributed by atoms with Crippen LogP contribution in [0.4, 0.5) is 5.82 Å². The van der Waals surface area contributed by atoms with Crippen LogP contribution in [0.15, 0.2) is 24.3 Å². The van der Waals surface area contributed by atoms with Gasteiger partial charge in [0.15, 0.2) is 0 Å². The summed E-state index contributed by atoms with van der Waals surface area (Å²) in [6.45, 7) is 2.12. The van der Waals surface area contributed by atoms with E-state index in [1.54, 1.807) is 0 Å². The van der Waals surface area contributed by atoms with Crippen LogP contribution in [0, 0.1) is 6.92 Å². The molecule has 0 spiro atoms. The van der Waals surface area contributed by atoms with E-state index in [2.05, 4.69) is 35.8 Å². The van der Waals surface area contributed by atoms with Crippen molar-refractivity contribution in [1.29, 1.82) is 0 Å². The van der Waals surface area contributed by atoms with Gasteiger partial charge in [-0.15, -0.1) is 0 Å². The molecule has 1 aromatic carbocycles. The molecule has 2 aromatic rings. The predicted molar refractivity (Wildman–Crippen MR) is 86.3 cm³/mol. The molecule has 0 bridgehead atoms. The van der Waals surface area contributed by atoms with Gasteiger partial charge >= 0.3 is 0 Å². The third kappa shape index (κ3) is 2.25.